The fourth-order valence-corrected chi connectivity index (χ4v) is 8.02. The second-order valence-electron chi connectivity index (χ2n) is 18.2. The van der Waals surface area contributed by atoms with E-state index in [0.29, 0.717) is 19.4 Å². The van der Waals surface area contributed by atoms with E-state index in [9.17, 15) is 19.8 Å². The van der Waals surface area contributed by atoms with Crippen molar-refractivity contribution in [2.75, 3.05) is 13.2 Å². The van der Waals surface area contributed by atoms with Crippen LogP contribution in [0.4, 0.5) is 0 Å². The van der Waals surface area contributed by atoms with Crippen molar-refractivity contribution in [3.8, 4) is 0 Å². The zero-order chi connectivity index (χ0) is 44.4. The molecule has 358 valence electrons. The van der Waals surface area contributed by atoms with Gasteiger partial charge in [0.05, 0.1) is 25.4 Å². The molecule has 2 atom stereocenters. The number of unbranched alkanes of at least 4 members (excludes halogenated alkanes) is 34. The molecule has 0 saturated carbocycles. The Morgan fingerprint density at radius 3 is 1.28 bits per heavy atom. The average molecular weight is 858 g/mol. The third-order valence-corrected chi connectivity index (χ3v) is 12.2. The number of amides is 1. The third kappa shape index (κ3) is 47.4. The van der Waals surface area contributed by atoms with Crippen LogP contribution >= 0.6 is 0 Å². The summed E-state index contributed by atoms with van der Waals surface area (Å²) in [5, 5.41) is 23.1. The molecule has 61 heavy (non-hydrogen) atoms. The van der Waals surface area contributed by atoms with Gasteiger partial charge in [0.1, 0.15) is 0 Å². The summed E-state index contributed by atoms with van der Waals surface area (Å²) in [5.41, 5.74) is 0. The van der Waals surface area contributed by atoms with Crippen molar-refractivity contribution in [2.45, 2.75) is 289 Å². The third-order valence-electron chi connectivity index (χ3n) is 12.2. The van der Waals surface area contributed by atoms with Gasteiger partial charge in [0.15, 0.2) is 0 Å². The SMILES string of the molecule is CCCCC/C=C\C/C=C\CCCCCCCC(=O)OCCCCCCCCCCCCCCCCCC(=O)NC(CO)C(O)/C=C/CCCCCCCCCCCCCC. The summed E-state index contributed by atoms with van der Waals surface area (Å²) in [6, 6.07) is -0.634. The molecule has 0 fully saturated rings. The number of rotatable bonds is 49. The van der Waals surface area contributed by atoms with Gasteiger partial charge >= 0.3 is 5.97 Å². The molecule has 2 unspecified atom stereocenters. The van der Waals surface area contributed by atoms with Gasteiger partial charge in [0.2, 0.25) is 5.91 Å². The highest BCUT2D eigenvalue weighted by Crippen LogP contribution is 2.16. The summed E-state index contributed by atoms with van der Waals surface area (Å²) in [4.78, 5) is 24.5. The number of carbonyl (C=O) groups excluding carboxylic acids is 2. The zero-order valence-corrected chi connectivity index (χ0v) is 40.6. The Bertz CT molecular complexity index is 993. The summed E-state index contributed by atoms with van der Waals surface area (Å²) in [6.45, 7) is 4.85. The van der Waals surface area contributed by atoms with E-state index < -0.39 is 12.1 Å². The van der Waals surface area contributed by atoms with E-state index in [-0.39, 0.29) is 18.5 Å². The maximum absolute atomic E-state index is 12.4. The predicted molar refractivity (Wildman–Crippen MR) is 264 cm³/mol. The fraction of sp³-hybridized carbons (Fsp3) is 0.855. The highest BCUT2D eigenvalue weighted by molar-refractivity contribution is 5.76. The molecule has 6 heteroatoms. The molecule has 0 aliphatic heterocycles. The number of esters is 1. The lowest BCUT2D eigenvalue weighted by Gasteiger charge is -2.20. The first kappa shape index (κ1) is 59.1. The lowest BCUT2D eigenvalue weighted by molar-refractivity contribution is -0.143. The van der Waals surface area contributed by atoms with Crippen LogP contribution in [-0.4, -0.2) is 47.4 Å². The molecule has 0 aliphatic rings. The summed E-state index contributed by atoms with van der Waals surface area (Å²) in [7, 11) is 0. The quantitative estimate of drug-likeness (QED) is 0.0322. The van der Waals surface area contributed by atoms with Crippen molar-refractivity contribution >= 4 is 11.9 Å². The highest BCUT2D eigenvalue weighted by Gasteiger charge is 2.18. The lowest BCUT2D eigenvalue weighted by Crippen LogP contribution is -2.45. The van der Waals surface area contributed by atoms with Crippen molar-refractivity contribution in [3.63, 3.8) is 0 Å². The normalized spacial score (nSPS) is 12.9. The topological polar surface area (TPSA) is 95.9 Å². The zero-order valence-electron chi connectivity index (χ0n) is 40.6. The minimum absolute atomic E-state index is 0.0149. The Kier molecular flexibility index (Phi) is 49.1. The van der Waals surface area contributed by atoms with E-state index in [0.717, 1.165) is 64.2 Å². The number of carbonyl (C=O) groups is 2. The minimum Gasteiger partial charge on any atom is -0.466 e. The first-order valence-electron chi connectivity index (χ1n) is 26.8. The number of aliphatic hydroxyl groups is 2. The maximum Gasteiger partial charge on any atom is 0.305 e. The van der Waals surface area contributed by atoms with E-state index in [2.05, 4.69) is 43.5 Å². The van der Waals surface area contributed by atoms with Crippen LogP contribution in [-0.2, 0) is 14.3 Å². The fourth-order valence-electron chi connectivity index (χ4n) is 8.02. The second-order valence-corrected chi connectivity index (χ2v) is 18.2. The molecule has 0 aromatic carbocycles. The molecule has 0 aromatic rings. The van der Waals surface area contributed by atoms with Gasteiger partial charge in [-0.2, -0.15) is 0 Å². The standard InChI is InChI=1S/C55H103NO5/c1-3-5-7-9-11-13-15-17-20-25-29-33-37-41-45-49-55(60)61-50-46-42-38-34-30-26-22-19-21-24-28-32-36-40-44-48-54(59)56-52(51-57)53(58)47-43-39-35-31-27-23-18-16-14-12-10-8-6-4-2/h11,13,17,20,43,47,52-53,57-58H,3-10,12,14-16,18-19,21-42,44-46,48-51H2,1-2H3,(H,56,59)/b13-11-,20-17-,47-43+. The number of allylic oxidation sites excluding steroid dienone is 5. The van der Waals surface area contributed by atoms with Gasteiger partial charge in [-0.05, 0) is 64.2 Å². The summed E-state index contributed by atoms with van der Waals surface area (Å²) in [5.74, 6) is -0.0923. The molecular weight excluding hydrogens is 755 g/mol. The van der Waals surface area contributed by atoms with E-state index in [1.54, 1.807) is 6.08 Å². The summed E-state index contributed by atoms with van der Waals surface area (Å²) >= 11 is 0. The number of aliphatic hydroxyl groups excluding tert-OH is 2. The van der Waals surface area contributed by atoms with Crippen LogP contribution in [0.3, 0.4) is 0 Å². The molecule has 6 nitrogen and oxygen atoms in total. The Morgan fingerprint density at radius 2 is 0.820 bits per heavy atom. The predicted octanol–water partition coefficient (Wildman–Crippen LogP) is 16.1. The van der Waals surface area contributed by atoms with Gasteiger partial charge in [0.25, 0.3) is 0 Å². The van der Waals surface area contributed by atoms with Crippen LogP contribution in [0.1, 0.15) is 277 Å². The Labute approximate surface area is 379 Å². The molecule has 1 amide bonds. The minimum atomic E-state index is -0.850. The van der Waals surface area contributed by atoms with Crippen LogP contribution < -0.4 is 5.32 Å². The molecule has 0 heterocycles. The van der Waals surface area contributed by atoms with Crippen LogP contribution in [0.15, 0.2) is 36.5 Å². The molecular formula is C55H103NO5. The average Bonchev–Trinajstić information content (AvgIpc) is 3.26. The Hall–Kier alpha value is -1.92. The maximum atomic E-state index is 12.4. The van der Waals surface area contributed by atoms with E-state index in [4.69, 9.17) is 4.74 Å². The summed E-state index contributed by atoms with van der Waals surface area (Å²) in [6.07, 6.45) is 61.4. The monoisotopic (exact) mass is 858 g/mol. The van der Waals surface area contributed by atoms with Crippen LogP contribution in [0.2, 0.25) is 0 Å². The van der Waals surface area contributed by atoms with Gasteiger partial charge in [-0.25, -0.2) is 0 Å². The van der Waals surface area contributed by atoms with Gasteiger partial charge < -0.3 is 20.3 Å². The van der Waals surface area contributed by atoms with Crippen LogP contribution in [0.25, 0.3) is 0 Å². The summed E-state index contributed by atoms with van der Waals surface area (Å²) < 4.78 is 5.46. The van der Waals surface area contributed by atoms with Crippen molar-refractivity contribution < 1.29 is 24.5 Å². The molecule has 0 spiro atoms. The molecule has 0 aliphatic carbocycles. The smallest absolute Gasteiger partial charge is 0.305 e. The van der Waals surface area contributed by atoms with Crippen molar-refractivity contribution in [1.82, 2.24) is 5.32 Å². The van der Waals surface area contributed by atoms with Crippen molar-refractivity contribution in [1.29, 1.82) is 0 Å². The van der Waals surface area contributed by atoms with Gasteiger partial charge in [-0.15, -0.1) is 0 Å². The molecule has 0 saturated heterocycles. The number of ether oxygens (including phenoxy) is 1. The Balaban J connectivity index is 3.47. The van der Waals surface area contributed by atoms with E-state index in [1.807, 2.05) is 6.08 Å². The second kappa shape index (κ2) is 50.7. The first-order chi connectivity index (χ1) is 30.0. The highest BCUT2D eigenvalue weighted by atomic mass is 16.5. The Morgan fingerprint density at radius 1 is 0.459 bits per heavy atom. The van der Waals surface area contributed by atoms with Gasteiger partial charge in [-0.1, -0.05) is 237 Å². The van der Waals surface area contributed by atoms with Crippen LogP contribution in [0.5, 0.6) is 0 Å². The van der Waals surface area contributed by atoms with Gasteiger partial charge in [0, 0.05) is 12.8 Å². The first-order valence-corrected chi connectivity index (χ1v) is 26.8. The van der Waals surface area contributed by atoms with Crippen molar-refractivity contribution in [2.24, 2.45) is 0 Å². The number of nitrogens with one attached hydrogen (secondary N) is 1. The number of hydrogen-bond acceptors (Lipinski definition) is 5. The number of hydrogen-bond donors (Lipinski definition) is 3. The largest absolute Gasteiger partial charge is 0.466 e. The van der Waals surface area contributed by atoms with Crippen LogP contribution in [0, 0.1) is 0 Å². The lowest BCUT2D eigenvalue weighted by atomic mass is 10.0. The molecule has 0 radical (unpaired) electrons. The van der Waals surface area contributed by atoms with Crippen molar-refractivity contribution in [3.05, 3.63) is 36.5 Å². The molecule has 0 rings (SSSR count). The van der Waals surface area contributed by atoms with E-state index >= 15 is 0 Å². The van der Waals surface area contributed by atoms with E-state index in [1.165, 1.54) is 186 Å². The molecule has 0 bridgehead atoms. The molecule has 3 N–H and O–H groups in total. The molecule has 0 aromatic heterocycles. The van der Waals surface area contributed by atoms with Gasteiger partial charge in [-0.3, -0.25) is 9.59 Å².